The van der Waals surface area contributed by atoms with Gasteiger partial charge in [0.1, 0.15) is 5.75 Å². The lowest BCUT2D eigenvalue weighted by Gasteiger charge is -2.21. The van der Waals surface area contributed by atoms with E-state index in [4.69, 9.17) is 0 Å². The van der Waals surface area contributed by atoms with Crippen molar-refractivity contribution in [2.24, 2.45) is 0 Å². The van der Waals surface area contributed by atoms with Crippen molar-refractivity contribution >= 4 is 5.91 Å². The topological polar surface area (TPSA) is 49.3 Å². The summed E-state index contributed by atoms with van der Waals surface area (Å²) in [4.78, 5) is 12.2. The maximum atomic E-state index is 12.2. The lowest BCUT2D eigenvalue weighted by Crippen LogP contribution is -2.35. The van der Waals surface area contributed by atoms with Gasteiger partial charge in [0.2, 0.25) is 0 Å². The summed E-state index contributed by atoms with van der Waals surface area (Å²) in [5, 5.41) is 12.9. The van der Waals surface area contributed by atoms with Crippen LogP contribution in [0.2, 0.25) is 0 Å². The predicted molar refractivity (Wildman–Crippen MR) is 76.4 cm³/mol. The molecule has 0 atom stereocenters. The molecule has 0 unspecified atom stereocenters. The number of phenolic OH excluding ortho intramolecular Hbond substituents is 1. The van der Waals surface area contributed by atoms with Crippen molar-refractivity contribution in [3.05, 3.63) is 29.3 Å². The number of amides is 1. The van der Waals surface area contributed by atoms with Gasteiger partial charge in [0.25, 0.3) is 5.91 Å². The van der Waals surface area contributed by atoms with Gasteiger partial charge in [-0.3, -0.25) is 4.79 Å². The number of benzene rings is 1. The quantitative estimate of drug-likeness (QED) is 0.855. The van der Waals surface area contributed by atoms with Crippen LogP contribution >= 0.6 is 0 Å². The minimum absolute atomic E-state index is 0.0725. The van der Waals surface area contributed by atoms with Crippen LogP contribution in [0.4, 0.5) is 0 Å². The Morgan fingerprint density at radius 1 is 1.16 bits per heavy atom. The molecule has 19 heavy (non-hydrogen) atoms. The normalized spacial score (nSPS) is 17.5. The van der Waals surface area contributed by atoms with E-state index in [1.165, 1.54) is 32.1 Å². The monoisotopic (exact) mass is 261 g/mol. The fraction of sp³-hybridized carbons (Fsp3) is 0.562. The van der Waals surface area contributed by atoms with E-state index < -0.39 is 0 Å². The highest BCUT2D eigenvalue weighted by molar-refractivity contribution is 5.97. The molecule has 0 spiro atoms. The van der Waals surface area contributed by atoms with Gasteiger partial charge in [-0.15, -0.1) is 0 Å². The zero-order valence-electron chi connectivity index (χ0n) is 11.6. The predicted octanol–water partition coefficient (Wildman–Crippen LogP) is 3.54. The van der Waals surface area contributed by atoms with Crippen LogP contribution < -0.4 is 5.32 Å². The number of phenols is 1. The first-order valence-corrected chi connectivity index (χ1v) is 7.27. The number of hydrogen-bond acceptors (Lipinski definition) is 2. The summed E-state index contributed by atoms with van der Waals surface area (Å²) >= 11 is 0. The van der Waals surface area contributed by atoms with E-state index in [2.05, 4.69) is 5.32 Å². The zero-order chi connectivity index (χ0) is 13.7. The Kier molecular flexibility index (Phi) is 4.83. The number of rotatable bonds is 2. The molecule has 1 fully saturated rings. The second-order valence-electron chi connectivity index (χ2n) is 5.54. The Hall–Kier alpha value is -1.51. The number of carbonyl (C=O) groups is 1. The average Bonchev–Trinajstić information content (AvgIpc) is 2.32. The highest BCUT2D eigenvalue weighted by Crippen LogP contribution is 2.21. The maximum absolute atomic E-state index is 12.2. The highest BCUT2D eigenvalue weighted by atomic mass is 16.3. The van der Waals surface area contributed by atoms with Gasteiger partial charge in [0.15, 0.2) is 0 Å². The third-order valence-electron chi connectivity index (χ3n) is 3.84. The van der Waals surface area contributed by atoms with E-state index in [9.17, 15) is 9.90 Å². The van der Waals surface area contributed by atoms with E-state index in [1.54, 1.807) is 12.1 Å². The van der Waals surface area contributed by atoms with Crippen molar-refractivity contribution < 1.29 is 9.90 Å². The van der Waals surface area contributed by atoms with Crippen molar-refractivity contribution in [1.29, 1.82) is 0 Å². The van der Waals surface area contributed by atoms with Crippen LogP contribution in [0, 0.1) is 6.92 Å². The third-order valence-corrected chi connectivity index (χ3v) is 3.84. The summed E-state index contributed by atoms with van der Waals surface area (Å²) in [7, 11) is 0. The molecule has 2 N–H and O–H groups in total. The molecule has 1 saturated carbocycles. The zero-order valence-corrected chi connectivity index (χ0v) is 11.6. The molecule has 0 aromatic heterocycles. The Labute approximate surface area is 115 Å². The molecule has 104 valence electrons. The lowest BCUT2D eigenvalue weighted by molar-refractivity contribution is 0.0928. The van der Waals surface area contributed by atoms with Crippen LogP contribution in [0.5, 0.6) is 5.75 Å². The lowest BCUT2D eigenvalue weighted by atomic mass is 9.96. The number of aromatic hydroxyl groups is 1. The molecule has 2 rings (SSSR count). The van der Waals surface area contributed by atoms with Gasteiger partial charge in [-0.25, -0.2) is 0 Å². The van der Waals surface area contributed by atoms with Crippen LogP contribution in [0.25, 0.3) is 0 Å². The summed E-state index contributed by atoms with van der Waals surface area (Å²) < 4.78 is 0. The first-order valence-electron chi connectivity index (χ1n) is 7.27. The highest BCUT2D eigenvalue weighted by Gasteiger charge is 2.17. The maximum Gasteiger partial charge on any atom is 0.255 e. The van der Waals surface area contributed by atoms with Crippen LogP contribution in [0.15, 0.2) is 18.2 Å². The average molecular weight is 261 g/mol. The Morgan fingerprint density at radius 2 is 1.79 bits per heavy atom. The fourth-order valence-electron chi connectivity index (χ4n) is 2.70. The van der Waals surface area contributed by atoms with Crippen molar-refractivity contribution in [2.75, 3.05) is 0 Å². The molecule has 0 bridgehead atoms. The molecule has 0 saturated heterocycles. The molecule has 1 aliphatic rings. The smallest absolute Gasteiger partial charge is 0.255 e. The second kappa shape index (κ2) is 6.60. The molecule has 1 aromatic carbocycles. The van der Waals surface area contributed by atoms with Crippen LogP contribution in [-0.4, -0.2) is 17.1 Å². The SMILES string of the molecule is Cc1ccc(C(=O)NC2CCCCCCC2)c(O)c1. The molecule has 1 amide bonds. The van der Waals surface area contributed by atoms with Gasteiger partial charge >= 0.3 is 0 Å². The fourth-order valence-corrected chi connectivity index (χ4v) is 2.70. The Bertz CT molecular complexity index is 434. The van der Waals surface area contributed by atoms with Crippen molar-refractivity contribution in [3.63, 3.8) is 0 Å². The Balaban J connectivity index is 1.99. The summed E-state index contributed by atoms with van der Waals surface area (Å²) in [5.41, 5.74) is 1.34. The first kappa shape index (κ1) is 13.9. The van der Waals surface area contributed by atoms with Gasteiger partial charge in [-0.1, -0.05) is 38.2 Å². The number of carbonyl (C=O) groups excluding carboxylic acids is 1. The van der Waals surface area contributed by atoms with Gasteiger partial charge in [0.05, 0.1) is 5.56 Å². The van der Waals surface area contributed by atoms with E-state index in [0.29, 0.717) is 5.56 Å². The van der Waals surface area contributed by atoms with E-state index >= 15 is 0 Å². The van der Waals surface area contributed by atoms with Gasteiger partial charge < -0.3 is 10.4 Å². The molecule has 1 aliphatic carbocycles. The van der Waals surface area contributed by atoms with Gasteiger partial charge in [-0.05, 0) is 37.5 Å². The summed E-state index contributed by atoms with van der Waals surface area (Å²) in [6, 6.07) is 5.44. The van der Waals surface area contributed by atoms with Crippen molar-refractivity contribution in [1.82, 2.24) is 5.32 Å². The number of nitrogens with one attached hydrogen (secondary N) is 1. The van der Waals surface area contributed by atoms with Crippen LogP contribution in [0.1, 0.15) is 60.9 Å². The molecule has 3 nitrogen and oxygen atoms in total. The minimum Gasteiger partial charge on any atom is -0.507 e. The summed E-state index contributed by atoms with van der Waals surface area (Å²) in [5.74, 6) is -0.0774. The standard InChI is InChI=1S/C16H23NO2/c1-12-9-10-14(15(18)11-12)16(19)17-13-7-5-3-2-4-6-8-13/h9-11,13,18H,2-8H2,1H3,(H,17,19). The molecule has 0 aliphatic heterocycles. The van der Waals surface area contributed by atoms with E-state index in [-0.39, 0.29) is 17.7 Å². The van der Waals surface area contributed by atoms with Crippen molar-refractivity contribution in [2.45, 2.75) is 57.9 Å². The molecule has 0 heterocycles. The molecule has 0 radical (unpaired) electrons. The van der Waals surface area contributed by atoms with Crippen molar-refractivity contribution in [3.8, 4) is 5.75 Å². The molecule has 3 heteroatoms. The largest absolute Gasteiger partial charge is 0.507 e. The molecule has 1 aromatic rings. The summed E-state index contributed by atoms with van der Waals surface area (Å²) in [6.07, 6.45) is 8.33. The van der Waals surface area contributed by atoms with Gasteiger partial charge in [-0.2, -0.15) is 0 Å². The second-order valence-corrected chi connectivity index (χ2v) is 5.54. The van der Waals surface area contributed by atoms with Crippen LogP contribution in [0.3, 0.4) is 0 Å². The van der Waals surface area contributed by atoms with E-state index in [0.717, 1.165) is 18.4 Å². The first-order chi connectivity index (χ1) is 9.16. The van der Waals surface area contributed by atoms with Crippen LogP contribution in [-0.2, 0) is 0 Å². The third kappa shape index (κ3) is 3.98. The molecular weight excluding hydrogens is 238 g/mol. The number of aryl methyl sites for hydroxylation is 1. The Morgan fingerprint density at radius 3 is 2.42 bits per heavy atom. The van der Waals surface area contributed by atoms with Gasteiger partial charge in [0, 0.05) is 6.04 Å². The summed E-state index contributed by atoms with van der Waals surface area (Å²) in [6.45, 7) is 1.90. The molecular formula is C16H23NO2. The van der Waals surface area contributed by atoms with E-state index in [1.807, 2.05) is 13.0 Å². The number of hydrogen-bond donors (Lipinski definition) is 2. The minimum atomic E-state index is -0.150.